The van der Waals surface area contributed by atoms with Gasteiger partial charge in [-0.3, -0.25) is 5.32 Å². The Hall–Kier alpha value is -1.35. The lowest BCUT2D eigenvalue weighted by Crippen LogP contribution is -2.38. The van der Waals surface area contributed by atoms with Gasteiger partial charge in [-0.2, -0.15) is 4.99 Å². The van der Waals surface area contributed by atoms with Crippen LogP contribution < -0.4 is 5.32 Å². The lowest BCUT2D eigenvalue weighted by molar-refractivity contribution is 0.0132. The molecule has 0 spiro atoms. The number of aliphatic imine (C=N–C) groups is 1. The third-order valence-corrected chi connectivity index (χ3v) is 5.18. The van der Waals surface area contributed by atoms with E-state index in [0.717, 1.165) is 36.3 Å². The van der Waals surface area contributed by atoms with Crippen LogP contribution in [0, 0.1) is 12.0 Å². The topological polar surface area (TPSA) is 53.9 Å². The summed E-state index contributed by atoms with van der Waals surface area (Å²) in [6.07, 6.45) is 4.95. The monoisotopic (exact) mass is 422 g/mol. The highest BCUT2D eigenvalue weighted by Gasteiger charge is 2.24. The fourth-order valence-electron chi connectivity index (χ4n) is 2.96. The number of rotatable bonds is 11. The maximum absolute atomic E-state index is 10.7. The zero-order valence-corrected chi connectivity index (χ0v) is 17.9. The van der Waals surface area contributed by atoms with E-state index in [-0.39, 0.29) is 11.3 Å². The number of benzene rings is 1. The van der Waals surface area contributed by atoms with Gasteiger partial charge in [-0.05, 0) is 42.9 Å². The van der Waals surface area contributed by atoms with Crippen LogP contribution in [0.4, 0.5) is 0 Å². The molecular weight excluding hydrogens is 395 g/mol. The molecular formula is C22H28Cl2N2O2. The lowest BCUT2D eigenvalue weighted by Gasteiger charge is -2.25. The molecule has 0 aromatic heterocycles. The molecule has 0 fully saturated rings. The molecule has 152 valence electrons. The van der Waals surface area contributed by atoms with Gasteiger partial charge in [-0.25, -0.2) is 0 Å². The van der Waals surface area contributed by atoms with E-state index in [0.29, 0.717) is 18.5 Å². The second-order valence-corrected chi connectivity index (χ2v) is 7.52. The van der Waals surface area contributed by atoms with E-state index in [1.54, 1.807) is 6.08 Å². The van der Waals surface area contributed by atoms with Crippen LogP contribution in [0.3, 0.4) is 0 Å². The van der Waals surface area contributed by atoms with Crippen molar-refractivity contribution in [1.29, 1.82) is 0 Å². The van der Waals surface area contributed by atoms with Crippen molar-refractivity contribution in [3.63, 3.8) is 0 Å². The third kappa shape index (κ3) is 7.24. The molecule has 1 aromatic carbocycles. The average Bonchev–Trinajstić information content (AvgIpc) is 2.87. The first-order chi connectivity index (χ1) is 13.5. The van der Waals surface area contributed by atoms with Crippen LogP contribution in [-0.2, 0) is 11.2 Å². The Labute approximate surface area is 178 Å². The van der Waals surface area contributed by atoms with Gasteiger partial charge in [0.05, 0.1) is 6.10 Å². The average molecular weight is 423 g/mol. The SMILES string of the molecule is CCCCC(CC)OC1C#CN=C(Cl)C=C1C(O)NCCc1ccccc1Cl. The van der Waals surface area contributed by atoms with Crippen LogP contribution >= 0.6 is 23.2 Å². The maximum atomic E-state index is 10.7. The Balaban J connectivity index is 2.02. The van der Waals surface area contributed by atoms with Gasteiger partial charge >= 0.3 is 0 Å². The molecule has 3 unspecified atom stereocenters. The lowest BCUT2D eigenvalue weighted by atomic mass is 10.1. The van der Waals surface area contributed by atoms with E-state index < -0.39 is 12.3 Å². The zero-order chi connectivity index (χ0) is 20.4. The summed E-state index contributed by atoms with van der Waals surface area (Å²) in [4.78, 5) is 3.95. The summed E-state index contributed by atoms with van der Waals surface area (Å²) in [5.74, 6) is 2.97. The van der Waals surface area contributed by atoms with Gasteiger partial charge in [0.1, 0.15) is 17.5 Å². The minimum atomic E-state index is -0.937. The standard InChI is InChI=1S/C22H28Cl2N2O2/c1-3-5-9-17(4-2)28-20-12-14-25-21(24)15-18(20)22(27)26-13-11-16-8-6-7-10-19(16)23/h6-8,10,15,17,20,22,26-27H,3-5,9,11,13H2,1-2H3. The zero-order valence-electron chi connectivity index (χ0n) is 16.4. The van der Waals surface area contributed by atoms with E-state index in [1.807, 2.05) is 24.3 Å². The Morgan fingerprint density at radius 1 is 1.29 bits per heavy atom. The van der Waals surface area contributed by atoms with Gasteiger partial charge in [0.25, 0.3) is 0 Å². The summed E-state index contributed by atoms with van der Waals surface area (Å²) >= 11 is 12.3. The predicted octanol–water partition coefficient (Wildman–Crippen LogP) is 4.68. The van der Waals surface area contributed by atoms with Crippen molar-refractivity contribution in [2.45, 2.75) is 64.4 Å². The van der Waals surface area contributed by atoms with Gasteiger partial charge in [-0.15, -0.1) is 0 Å². The van der Waals surface area contributed by atoms with Crippen molar-refractivity contribution >= 4 is 28.4 Å². The first-order valence-electron chi connectivity index (χ1n) is 9.80. The van der Waals surface area contributed by atoms with Crippen molar-refractivity contribution in [3.05, 3.63) is 46.5 Å². The number of unbranched alkanes of at least 4 members (excludes halogenated alkanes) is 1. The maximum Gasteiger partial charge on any atom is 0.145 e. The summed E-state index contributed by atoms with van der Waals surface area (Å²) in [5.41, 5.74) is 1.60. The van der Waals surface area contributed by atoms with Crippen LogP contribution in [0.15, 0.2) is 40.9 Å². The molecule has 1 heterocycles. The molecule has 2 N–H and O–H groups in total. The van der Waals surface area contributed by atoms with Crippen LogP contribution in [0.1, 0.15) is 45.1 Å². The fraction of sp³-hybridized carbons (Fsp3) is 0.500. The third-order valence-electron chi connectivity index (χ3n) is 4.62. The minimum Gasteiger partial charge on any atom is -0.375 e. The number of halogens is 2. The van der Waals surface area contributed by atoms with Gasteiger partial charge in [-0.1, -0.05) is 68.1 Å². The van der Waals surface area contributed by atoms with E-state index in [4.69, 9.17) is 27.9 Å². The molecule has 6 heteroatoms. The van der Waals surface area contributed by atoms with Crippen molar-refractivity contribution in [3.8, 4) is 12.0 Å². The van der Waals surface area contributed by atoms with Crippen LogP contribution in [0.25, 0.3) is 0 Å². The predicted molar refractivity (Wildman–Crippen MR) is 117 cm³/mol. The van der Waals surface area contributed by atoms with Crippen molar-refractivity contribution in [1.82, 2.24) is 5.32 Å². The van der Waals surface area contributed by atoms with E-state index in [9.17, 15) is 5.11 Å². The number of ether oxygens (including phenoxy) is 1. The number of aliphatic hydroxyl groups excluding tert-OH is 1. The van der Waals surface area contributed by atoms with Gasteiger partial charge < -0.3 is 9.84 Å². The Morgan fingerprint density at radius 2 is 2.07 bits per heavy atom. The number of nitrogens with one attached hydrogen (secondary N) is 1. The molecule has 0 radical (unpaired) electrons. The largest absolute Gasteiger partial charge is 0.375 e. The second-order valence-electron chi connectivity index (χ2n) is 6.72. The highest BCUT2D eigenvalue weighted by atomic mass is 35.5. The van der Waals surface area contributed by atoms with Gasteiger partial charge in [0.15, 0.2) is 0 Å². The quantitative estimate of drug-likeness (QED) is 0.401. The molecule has 28 heavy (non-hydrogen) atoms. The summed E-state index contributed by atoms with van der Waals surface area (Å²) in [6, 6.07) is 10.4. The highest BCUT2D eigenvalue weighted by molar-refractivity contribution is 6.68. The van der Waals surface area contributed by atoms with E-state index in [2.05, 4.69) is 36.1 Å². The van der Waals surface area contributed by atoms with Crippen molar-refractivity contribution < 1.29 is 9.84 Å². The highest BCUT2D eigenvalue weighted by Crippen LogP contribution is 2.20. The molecule has 0 aliphatic carbocycles. The number of hydrogen-bond donors (Lipinski definition) is 2. The van der Waals surface area contributed by atoms with E-state index in [1.165, 1.54) is 0 Å². The van der Waals surface area contributed by atoms with Crippen LogP contribution in [-0.4, -0.2) is 35.3 Å². The van der Waals surface area contributed by atoms with Crippen molar-refractivity contribution in [2.24, 2.45) is 4.99 Å². The molecule has 1 aromatic rings. The smallest absolute Gasteiger partial charge is 0.145 e. The molecule has 3 atom stereocenters. The fourth-order valence-corrected chi connectivity index (χ4v) is 3.36. The number of nitrogens with zero attached hydrogens (tertiary/aromatic N) is 1. The molecule has 0 saturated carbocycles. The summed E-state index contributed by atoms with van der Waals surface area (Å²) in [5, 5.41) is 14.8. The van der Waals surface area contributed by atoms with Crippen LogP contribution in [0.5, 0.6) is 0 Å². The molecule has 2 rings (SSSR count). The summed E-state index contributed by atoms with van der Waals surface area (Å²) in [6.45, 7) is 4.80. The molecule has 1 aliphatic rings. The number of aliphatic hydroxyl groups is 1. The Bertz CT molecular complexity index is 752. The Kier molecular flexibility index (Phi) is 10.0. The minimum absolute atomic E-state index is 0.0786. The van der Waals surface area contributed by atoms with Gasteiger partial charge in [0.2, 0.25) is 0 Å². The molecule has 1 aliphatic heterocycles. The van der Waals surface area contributed by atoms with Crippen molar-refractivity contribution in [2.75, 3.05) is 6.54 Å². The van der Waals surface area contributed by atoms with E-state index >= 15 is 0 Å². The normalized spacial score (nSPS) is 18.4. The van der Waals surface area contributed by atoms with Gasteiger partial charge in [0, 0.05) is 23.2 Å². The Morgan fingerprint density at radius 3 is 2.79 bits per heavy atom. The number of hydrogen-bond acceptors (Lipinski definition) is 4. The number of allylic oxidation sites excluding steroid dienone is 1. The second kappa shape index (κ2) is 12.3. The first-order valence-corrected chi connectivity index (χ1v) is 10.6. The summed E-state index contributed by atoms with van der Waals surface area (Å²) < 4.78 is 6.19. The molecule has 4 nitrogen and oxygen atoms in total. The first kappa shape index (κ1) is 22.9. The van der Waals surface area contributed by atoms with Crippen LogP contribution in [0.2, 0.25) is 5.02 Å². The molecule has 0 bridgehead atoms. The molecule has 0 saturated heterocycles. The summed E-state index contributed by atoms with van der Waals surface area (Å²) in [7, 11) is 0. The molecule has 0 amide bonds.